The molecule has 0 saturated carbocycles. The molecule has 16 heavy (non-hydrogen) atoms. The highest BCUT2D eigenvalue weighted by Gasteiger charge is 2.20. The second-order valence-electron chi connectivity index (χ2n) is 3.64. The van der Waals surface area contributed by atoms with E-state index in [0.29, 0.717) is 25.6 Å². The minimum absolute atomic E-state index is 0.132. The van der Waals surface area contributed by atoms with Crippen LogP contribution in [-0.2, 0) is 15.9 Å². The molecule has 88 valence electrons. The van der Waals surface area contributed by atoms with Crippen molar-refractivity contribution < 1.29 is 9.47 Å². The van der Waals surface area contributed by atoms with E-state index in [1.807, 2.05) is 13.1 Å². The summed E-state index contributed by atoms with van der Waals surface area (Å²) in [5, 5.41) is 3.03. The van der Waals surface area contributed by atoms with Crippen molar-refractivity contribution in [2.75, 3.05) is 32.2 Å². The number of anilines is 1. The number of hydrogen-bond donors (Lipinski definition) is 1. The van der Waals surface area contributed by atoms with Gasteiger partial charge in [-0.25, -0.2) is 9.97 Å². The maximum Gasteiger partial charge on any atom is 0.162 e. The lowest BCUT2D eigenvalue weighted by Gasteiger charge is -2.22. The van der Waals surface area contributed by atoms with E-state index in [9.17, 15) is 0 Å². The second-order valence-corrected chi connectivity index (χ2v) is 3.64. The van der Waals surface area contributed by atoms with Crippen LogP contribution in [0.4, 0.5) is 5.82 Å². The Morgan fingerprint density at radius 3 is 2.94 bits per heavy atom. The van der Waals surface area contributed by atoms with Gasteiger partial charge in [0.1, 0.15) is 11.9 Å². The number of aryl methyl sites for hydroxylation is 1. The largest absolute Gasteiger partial charge is 0.376 e. The first-order chi connectivity index (χ1) is 7.83. The van der Waals surface area contributed by atoms with E-state index in [2.05, 4.69) is 22.2 Å². The number of rotatable bonds is 3. The molecule has 0 amide bonds. The molecule has 1 atom stereocenters. The van der Waals surface area contributed by atoms with Gasteiger partial charge in [-0.2, -0.15) is 0 Å². The van der Waals surface area contributed by atoms with Gasteiger partial charge in [0.05, 0.1) is 19.8 Å². The summed E-state index contributed by atoms with van der Waals surface area (Å²) in [6.07, 6.45) is 0.755. The topological polar surface area (TPSA) is 56.3 Å². The van der Waals surface area contributed by atoms with Gasteiger partial charge < -0.3 is 14.8 Å². The molecule has 0 spiro atoms. The molecule has 0 aromatic carbocycles. The summed E-state index contributed by atoms with van der Waals surface area (Å²) in [7, 11) is 1.85. The predicted molar refractivity (Wildman–Crippen MR) is 60.5 cm³/mol. The third-order valence-electron chi connectivity index (χ3n) is 2.52. The monoisotopic (exact) mass is 223 g/mol. The van der Waals surface area contributed by atoms with E-state index >= 15 is 0 Å². The molecular weight excluding hydrogens is 206 g/mol. The van der Waals surface area contributed by atoms with Crippen LogP contribution in [0.15, 0.2) is 6.07 Å². The van der Waals surface area contributed by atoms with E-state index in [-0.39, 0.29) is 6.10 Å². The Hall–Kier alpha value is -1.20. The minimum atomic E-state index is -0.132. The molecule has 5 nitrogen and oxygen atoms in total. The van der Waals surface area contributed by atoms with Gasteiger partial charge in [-0.05, 0) is 6.42 Å². The van der Waals surface area contributed by atoms with Crippen molar-refractivity contribution in [2.24, 2.45) is 0 Å². The minimum Gasteiger partial charge on any atom is -0.376 e. The van der Waals surface area contributed by atoms with E-state index in [0.717, 1.165) is 17.9 Å². The van der Waals surface area contributed by atoms with Crippen molar-refractivity contribution in [1.82, 2.24) is 9.97 Å². The van der Waals surface area contributed by atoms with Gasteiger partial charge in [-0.1, -0.05) is 6.92 Å². The summed E-state index contributed by atoms with van der Waals surface area (Å²) in [5.41, 5.74) is 1.02. The Labute approximate surface area is 95.2 Å². The summed E-state index contributed by atoms with van der Waals surface area (Å²) < 4.78 is 10.9. The Morgan fingerprint density at radius 2 is 2.31 bits per heavy atom. The van der Waals surface area contributed by atoms with E-state index in [4.69, 9.17) is 9.47 Å². The zero-order valence-electron chi connectivity index (χ0n) is 9.69. The zero-order chi connectivity index (χ0) is 11.4. The van der Waals surface area contributed by atoms with Crippen LogP contribution in [0, 0.1) is 0 Å². The van der Waals surface area contributed by atoms with Gasteiger partial charge in [0, 0.05) is 18.8 Å². The first kappa shape index (κ1) is 11.3. The molecule has 1 aliphatic rings. The Bertz CT molecular complexity index is 329. The molecule has 1 unspecified atom stereocenters. The van der Waals surface area contributed by atoms with E-state index in [1.54, 1.807) is 0 Å². The molecular formula is C11H17N3O2. The number of aromatic nitrogens is 2. The number of nitrogens with zero attached hydrogens (tertiary/aromatic N) is 2. The molecule has 1 aliphatic heterocycles. The van der Waals surface area contributed by atoms with Gasteiger partial charge in [0.25, 0.3) is 0 Å². The lowest BCUT2D eigenvalue weighted by atomic mass is 10.2. The van der Waals surface area contributed by atoms with Gasteiger partial charge in [0.15, 0.2) is 5.82 Å². The summed E-state index contributed by atoms with van der Waals surface area (Å²) in [5.74, 6) is 1.54. The van der Waals surface area contributed by atoms with Crippen molar-refractivity contribution in [1.29, 1.82) is 0 Å². The third-order valence-corrected chi connectivity index (χ3v) is 2.52. The van der Waals surface area contributed by atoms with Crippen LogP contribution in [0.1, 0.15) is 24.5 Å². The third kappa shape index (κ3) is 2.48. The number of hydrogen-bond acceptors (Lipinski definition) is 5. The molecule has 2 heterocycles. The maximum atomic E-state index is 5.59. The highest BCUT2D eigenvalue weighted by Crippen LogP contribution is 2.19. The summed E-state index contributed by atoms with van der Waals surface area (Å²) in [6.45, 7) is 3.88. The molecule has 0 radical (unpaired) electrons. The average Bonchev–Trinajstić information content (AvgIpc) is 2.39. The molecule has 1 aromatic rings. The van der Waals surface area contributed by atoms with Crippen molar-refractivity contribution in [3.05, 3.63) is 17.6 Å². The number of nitrogens with one attached hydrogen (secondary N) is 1. The molecule has 1 N–H and O–H groups in total. The fourth-order valence-corrected chi connectivity index (χ4v) is 1.61. The Morgan fingerprint density at radius 1 is 1.44 bits per heavy atom. The molecule has 2 rings (SSSR count). The molecule has 1 aromatic heterocycles. The Kier molecular flexibility index (Phi) is 3.69. The van der Waals surface area contributed by atoms with Crippen LogP contribution in [-0.4, -0.2) is 36.8 Å². The normalized spacial score (nSPS) is 20.8. The Balaban J connectivity index is 2.24. The van der Waals surface area contributed by atoms with Crippen LogP contribution < -0.4 is 5.32 Å². The SMILES string of the molecule is CCc1cc(NC)nc(C2COCCO2)n1. The summed E-state index contributed by atoms with van der Waals surface area (Å²) >= 11 is 0. The highest BCUT2D eigenvalue weighted by molar-refractivity contribution is 5.35. The van der Waals surface area contributed by atoms with Gasteiger partial charge >= 0.3 is 0 Å². The van der Waals surface area contributed by atoms with Crippen molar-refractivity contribution in [3.8, 4) is 0 Å². The fourth-order valence-electron chi connectivity index (χ4n) is 1.61. The highest BCUT2D eigenvalue weighted by atomic mass is 16.6. The lowest BCUT2D eigenvalue weighted by molar-refractivity contribution is -0.0935. The predicted octanol–water partition coefficient (Wildman–Crippen LogP) is 1.17. The van der Waals surface area contributed by atoms with Gasteiger partial charge in [0.2, 0.25) is 0 Å². The van der Waals surface area contributed by atoms with Crippen molar-refractivity contribution in [2.45, 2.75) is 19.4 Å². The summed E-state index contributed by atoms with van der Waals surface area (Å²) in [4.78, 5) is 8.86. The van der Waals surface area contributed by atoms with Crippen LogP contribution >= 0.6 is 0 Å². The van der Waals surface area contributed by atoms with Gasteiger partial charge in [-0.15, -0.1) is 0 Å². The van der Waals surface area contributed by atoms with E-state index in [1.165, 1.54) is 0 Å². The zero-order valence-corrected chi connectivity index (χ0v) is 9.69. The first-order valence-corrected chi connectivity index (χ1v) is 5.58. The molecule has 1 saturated heterocycles. The van der Waals surface area contributed by atoms with E-state index < -0.39 is 0 Å². The molecule has 0 aliphatic carbocycles. The van der Waals surface area contributed by atoms with Crippen molar-refractivity contribution in [3.63, 3.8) is 0 Å². The number of ether oxygens (including phenoxy) is 2. The fraction of sp³-hybridized carbons (Fsp3) is 0.636. The van der Waals surface area contributed by atoms with Crippen molar-refractivity contribution >= 4 is 5.82 Å². The molecule has 0 bridgehead atoms. The lowest BCUT2D eigenvalue weighted by Crippen LogP contribution is -2.24. The standard InChI is InChI=1S/C11H17N3O2/c1-3-8-6-10(12-2)14-11(13-8)9-7-15-4-5-16-9/h6,9H,3-5,7H2,1-2H3,(H,12,13,14). The van der Waals surface area contributed by atoms with Crippen LogP contribution in [0.3, 0.4) is 0 Å². The van der Waals surface area contributed by atoms with Crippen LogP contribution in [0.5, 0.6) is 0 Å². The summed E-state index contributed by atoms with van der Waals surface area (Å²) in [6, 6.07) is 1.95. The van der Waals surface area contributed by atoms with Crippen LogP contribution in [0.2, 0.25) is 0 Å². The smallest absolute Gasteiger partial charge is 0.162 e. The first-order valence-electron chi connectivity index (χ1n) is 5.58. The van der Waals surface area contributed by atoms with Gasteiger partial charge in [-0.3, -0.25) is 0 Å². The maximum absolute atomic E-state index is 5.59. The average molecular weight is 223 g/mol. The second kappa shape index (κ2) is 5.23. The molecule has 1 fully saturated rings. The van der Waals surface area contributed by atoms with Crippen LogP contribution in [0.25, 0.3) is 0 Å². The molecule has 5 heteroatoms. The quantitative estimate of drug-likeness (QED) is 0.833.